The zero-order valence-electron chi connectivity index (χ0n) is 10.9. The van der Waals surface area contributed by atoms with Crippen LogP contribution in [0.1, 0.15) is 17.4 Å². The van der Waals surface area contributed by atoms with Gasteiger partial charge in [-0.15, -0.1) is 0 Å². The quantitative estimate of drug-likeness (QED) is 0.766. The van der Waals surface area contributed by atoms with E-state index in [2.05, 4.69) is 5.32 Å². The third-order valence-electron chi connectivity index (χ3n) is 3.27. The lowest BCUT2D eigenvalue weighted by Gasteiger charge is -2.13. The molecule has 0 saturated heterocycles. The second-order valence-corrected chi connectivity index (χ2v) is 4.99. The van der Waals surface area contributed by atoms with Crippen molar-refractivity contribution in [2.24, 2.45) is 0 Å². The Bertz CT molecular complexity index is 753. The van der Waals surface area contributed by atoms with E-state index in [0.717, 1.165) is 10.9 Å². The van der Waals surface area contributed by atoms with E-state index in [9.17, 15) is 4.39 Å². The van der Waals surface area contributed by atoms with Crippen molar-refractivity contribution in [1.29, 1.82) is 0 Å². The van der Waals surface area contributed by atoms with Crippen molar-refractivity contribution in [2.75, 3.05) is 7.05 Å². The van der Waals surface area contributed by atoms with Gasteiger partial charge in [-0.1, -0.05) is 35.9 Å². The molecule has 1 N–H and O–H groups in total. The van der Waals surface area contributed by atoms with Crippen LogP contribution in [-0.4, -0.2) is 7.05 Å². The SMILES string of the molecule is CNC(c1cccc(F)c1)c1cc2cccc(Cl)c2o1. The van der Waals surface area contributed by atoms with Crippen LogP contribution in [0.2, 0.25) is 5.02 Å². The standard InChI is InChI=1S/C16H13ClFNO/c1-19-15(10-4-2-6-12(18)8-10)14-9-11-5-3-7-13(17)16(11)20-14/h2-9,15,19H,1H3. The van der Waals surface area contributed by atoms with Gasteiger partial charge in [-0.05, 0) is 36.9 Å². The molecule has 0 radical (unpaired) electrons. The van der Waals surface area contributed by atoms with Gasteiger partial charge in [0.05, 0.1) is 11.1 Å². The topological polar surface area (TPSA) is 25.2 Å². The molecule has 2 nitrogen and oxygen atoms in total. The van der Waals surface area contributed by atoms with E-state index >= 15 is 0 Å². The van der Waals surface area contributed by atoms with Gasteiger partial charge in [0.2, 0.25) is 0 Å². The minimum atomic E-state index is -0.267. The highest BCUT2D eigenvalue weighted by molar-refractivity contribution is 6.34. The lowest BCUT2D eigenvalue weighted by molar-refractivity contribution is 0.490. The predicted molar refractivity (Wildman–Crippen MR) is 78.5 cm³/mol. The summed E-state index contributed by atoms with van der Waals surface area (Å²) in [7, 11) is 1.81. The summed E-state index contributed by atoms with van der Waals surface area (Å²) in [5.74, 6) is 0.443. The van der Waals surface area contributed by atoms with Gasteiger partial charge < -0.3 is 9.73 Å². The zero-order valence-corrected chi connectivity index (χ0v) is 11.6. The number of nitrogens with one attached hydrogen (secondary N) is 1. The fraction of sp³-hybridized carbons (Fsp3) is 0.125. The second kappa shape index (κ2) is 5.27. The first-order valence-electron chi connectivity index (χ1n) is 6.29. The van der Waals surface area contributed by atoms with Gasteiger partial charge in [0.15, 0.2) is 5.58 Å². The van der Waals surface area contributed by atoms with Crippen LogP contribution >= 0.6 is 11.6 Å². The van der Waals surface area contributed by atoms with Crippen molar-refractivity contribution >= 4 is 22.6 Å². The molecule has 2 aromatic carbocycles. The lowest BCUT2D eigenvalue weighted by atomic mass is 10.0. The van der Waals surface area contributed by atoms with Crippen LogP contribution < -0.4 is 5.32 Å². The number of para-hydroxylation sites is 1. The molecule has 0 fully saturated rings. The zero-order chi connectivity index (χ0) is 14.1. The van der Waals surface area contributed by atoms with E-state index < -0.39 is 0 Å². The number of halogens is 2. The molecule has 0 aliphatic heterocycles. The number of furan rings is 1. The molecule has 0 aliphatic carbocycles. The number of hydrogen-bond acceptors (Lipinski definition) is 2. The summed E-state index contributed by atoms with van der Waals surface area (Å²) >= 11 is 6.12. The summed E-state index contributed by atoms with van der Waals surface area (Å²) in [5, 5.41) is 4.65. The Balaban J connectivity index is 2.09. The van der Waals surface area contributed by atoms with Crippen LogP contribution in [0.15, 0.2) is 52.9 Å². The first-order valence-corrected chi connectivity index (χ1v) is 6.67. The van der Waals surface area contributed by atoms with Crippen LogP contribution in [0.25, 0.3) is 11.0 Å². The number of rotatable bonds is 3. The van der Waals surface area contributed by atoms with Crippen molar-refractivity contribution in [1.82, 2.24) is 5.32 Å². The van der Waals surface area contributed by atoms with E-state index in [4.69, 9.17) is 16.0 Å². The first kappa shape index (κ1) is 13.2. The van der Waals surface area contributed by atoms with Crippen molar-refractivity contribution in [2.45, 2.75) is 6.04 Å². The van der Waals surface area contributed by atoms with E-state index in [1.807, 2.05) is 31.3 Å². The molecule has 0 bridgehead atoms. The minimum Gasteiger partial charge on any atom is -0.457 e. The number of hydrogen-bond donors (Lipinski definition) is 1. The molecule has 1 heterocycles. The lowest BCUT2D eigenvalue weighted by Crippen LogP contribution is -2.17. The third-order valence-corrected chi connectivity index (χ3v) is 3.57. The van der Waals surface area contributed by atoms with E-state index in [0.29, 0.717) is 16.4 Å². The second-order valence-electron chi connectivity index (χ2n) is 4.58. The Kier molecular flexibility index (Phi) is 3.47. The number of fused-ring (bicyclic) bond motifs is 1. The smallest absolute Gasteiger partial charge is 0.152 e. The largest absolute Gasteiger partial charge is 0.457 e. The predicted octanol–water partition coefficient (Wildman–Crippen LogP) is 4.53. The maximum absolute atomic E-state index is 13.4. The Morgan fingerprint density at radius 2 is 1.95 bits per heavy atom. The normalized spacial score (nSPS) is 12.8. The Morgan fingerprint density at radius 1 is 1.15 bits per heavy atom. The highest BCUT2D eigenvalue weighted by atomic mass is 35.5. The van der Waals surface area contributed by atoms with Crippen LogP contribution in [0.5, 0.6) is 0 Å². The molecule has 3 rings (SSSR count). The van der Waals surface area contributed by atoms with Gasteiger partial charge in [-0.25, -0.2) is 4.39 Å². The Labute approximate surface area is 121 Å². The molecular formula is C16H13ClFNO. The fourth-order valence-corrected chi connectivity index (χ4v) is 2.57. The highest BCUT2D eigenvalue weighted by Crippen LogP contribution is 2.31. The molecule has 0 amide bonds. The molecular weight excluding hydrogens is 277 g/mol. The highest BCUT2D eigenvalue weighted by Gasteiger charge is 2.18. The van der Waals surface area contributed by atoms with Crippen molar-refractivity contribution in [3.8, 4) is 0 Å². The monoisotopic (exact) mass is 289 g/mol. The Hall–Kier alpha value is -1.84. The molecule has 3 aromatic rings. The fourth-order valence-electron chi connectivity index (χ4n) is 2.35. The maximum atomic E-state index is 13.4. The van der Waals surface area contributed by atoms with E-state index in [-0.39, 0.29) is 11.9 Å². The average molecular weight is 290 g/mol. The summed E-state index contributed by atoms with van der Waals surface area (Å²) in [6, 6.07) is 13.8. The molecule has 20 heavy (non-hydrogen) atoms. The van der Waals surface area contributed by atoms with Crippen LogP contribution in [-0.2, 0) is 0 Å². The third kappa shape index (κ3) is 2.30. The molecule has 4 heteroatoms. The molecule has 1 aromatic heterocycles. The first-order chi connectivity index (χ1) is 9.69. The van der Waals surface area contributed by atoms with Crippen LogP contribution in [0, 0.1) is 5.82 Å². The molecule has 0 saturated carbocycles. The van der Waals surface area contributed by atoms with Crippen molar-refractivity contribution in [3.05, 3.63) is 70.7 Å². The molecule has 1 unspecified atom stereocenters. The number of benzene rings is 2. The Morgan fingerprint density at radius 3 is 2.65 bits per heavy atom. The van der Waals surface area contributed by atoms with Gasteiger partial charge >= 0.3 is 0 Å². The summed E-state index contributed by atoms with van der Waals surface area (Å²) < 4.78 is 19.2. The van der Waals surface area contributed by atoms with Gasteiger partial charge in [0, 0.05) is 5.39 Å². The summed E-state index contributed by atoms with van der Waals surface area (Å²) in [5.41, 5.74) is 1.46. The minimum absolute atomic E-state index is 0.214. The summed E-state index contributed by atoms with van der Waals surface area (Å²) in [6.45, 7) is 0. The van der Waals surface area contributed by atoms with Crippen LogP contribution in [0.3, 0.4) is 0 Å². The van der Waals surface area contributed by atoms with Gasteiger partial charge in [-0.3, -0.25) is 0 Å². The summed E-state index contributed by atoms with van der Waals surface area (Å²) in [4.78, 5) is 0. The van der Waals surface area contributed by atoms with E-state index in [1.54, 1.807) is 12.1 Å². The van der Waals surface area contributed by atoms with Crippen LogP contribution in [0.4, 0.5) is 4.39 Å². The van der Waals surface area contributed by atoms with E-state index in [1.165, 1.54) is 12.1 Å². The molecule has 1 atom stereocenters. The van der Waals surface area contributed by atoms with Gasteiger partial charge in [0.25, 0.3) is 0 Å². The molecule has 102 valence electrons. The molecule has 0 aliphatic rings. The van der Waals surface area contributed by atoms with Gasteiger partial charge in [-0.2, -0.15) is 0 Å². The van der Waals surface area contributed by atoms with Crippen molar-refractivity contribution in [3.63, 3.8) is 0 Å². The maximum Gasteiger partial charge on any atom is 0.152 e. The van der Waals surface area contributed by atoms with Gasteiger partial charge in [0.1, 0.15) is 11.6 Å². The summed E-state index contributed by atoms with van der Waals surface area (Å²) in [6.07, 6.45) is 0. The molecule has 0 spiro atoms. The average Bonchev–Trinajstić information content (AvgIpc) is 2.85. The van der Waals surface area contributed by atoms with Crippen molar-refractivity contribution < 1.29 is 8.81 Å².